The lowest BCUT2D eigenvalue weighted by molar-refractivity contribution is 1.18. The molecule has 0 atom stereocenters. The van der Waals surface area contributed by atoms with Gasteiger partial charge in [-0.25, -0.2) is 9.97 Å². The maximum Gasteiger partial charge on any atom is 0.160 e. The maximum atomic E-state index is 9.19. The molecule has 2 heterocycles. The van der Waals surface area contributed by atoms with E-state index in [1.807, 2.05) is 54.6 Å². The first-order valence-corrected chi connectivity index (χ1v) is 17.3. The lowest BCUT2D eigenvalue weighted by Crippen LogP contribution is -1.97. The zero-order valence-electron chi connectivity index (χ0n) is 37.2. The van der Waals surface area contributed by atoms with Gasteiger partial charge in [-0.1, -0.05) is 170 Å². The van der Waals surface area contributed by atoms with E-state index in [0.717, 1.165) is 44.2 Å². The number of rotatable bonds is 6. The fourth-order valence-electron chi connectivity index (χ4n) is 7.14. The van der Waals surface area contributed by atoms with Crippen molar-refractivity contribution in [2.45, 2.75) is 0 Å². The van der Waals surface area contributed by atoms with Crippen LogP contribution in [-0.2, 0) is 0 Å². The van der Waals surface area contributed by atoms with Crippen molar-refractivity contribution in [2.75, 3.05) is 0 Å². The molecule has 0 unspecified atom stereocenters. The standard InChI is InChI=1S/C50H33N3/c1-3-13-34(14-4-1)35-23-25-37(26-24-35)46-33-47(52-50(51-46)38-15-5-2-6-16-38)43-32-31-40(41-17-7-8-18-42(41)43)36-27-29-39(30-28-36)53-48-21-11-9-19-44(48)45-20-10-12-22-49(45)53/h1-33H/i1D,3D,4D,13D,14D,23D,24D,25D,26D. The third-order valence-corrected chi connectivity index (χ3v) is 9.61. The summed E-state index contributed by atoms with van der Waals surface area (Å²) in [5.41, 5.74) is 6.50. The molecule has 3 heteroatoms. The number of hydrogen-bond acceptors (Lipinski definition) is 2. The lowest BCUT2D eigenvalue weighted by Gasteiger charge is -2.15. The molecule has 10 aromatic rings. The molecule has 2 aromatic heterocycles. The van der Waals surface area contributed by atoms with Crippen molar-refractivity contribution in [1.29, 1.82) is 0 Å². The van der Waals surface area contributed by atoms with Crippen LogP contribution in [0.2, 0.25) is 0 Å². The van der Waals surface area contributed by atoms with Crippen LogP contribution < -0.4 is 0 Å². The summed E-state index contributed by atoms with van der Waals surface area (Å²) in [4.78, 5) is 9.84. The fraction of sp³-hybridized carbons (Fsp3) is 0. The van der Waals surface area contributed by atoms with Gasteiger partial charge in [0.1, 0.15) is 0 Å². The SMILES string of the molecule is [2H]c1c([2H])c([2H])c(-c2c([2H])c([2H])c(-c3cc(-c4ccc(-c5ccc(-n6c7ccccc7c7ccccc76)cc5)c5ccccc45)nc(-c4ccccc4)n3)c([2H])c2[2H])c([2H])c1[2H]. The molecular formula is C50H33N3. The van der Waals surface area contributed by atoms with Crippen LogP contribution in [0.25, 0.3) is 94.4 Å². The number of benzene rings is 8. The quantitative estimate of drug-likeness (QED) is 0.175. The van der Waals surface area contributed by atoms with Crippen molar-refractivity contribution < 1.29 is 12.3 Å². The predicted octanol–water partition coefficient (Wildman–Crippen LogP) is 13.1. The van der Waals surface area contributed by atoms with Gasteiger partial charge in [0.05, 0.1) is 34.8 Å². The lowest BCUT2D eigenvalue weighted by atomic mass is 9.93. The molecule has 0 saturated carbocycles. The maximum absolute atomic E-state index is 9.19. The van der Waals surface area contributed by atoms with E-state index in [-0.39, 0.29) is 16.8 Å². The monoisotopic (exact) mass is 684 g/mol. The summed E-state index contributed by atoms with van der Waals surface area (Å²) >= 11 is 0. The molecule has 0 saturated heterocycles. The summed E-state index contributed by atoms with van der Waals surface area (Å²) in [5, 5.41) is 4.26. The molecule has 10 rings (SSSR count). The highest BCUT2D eigenvalue weighted by Crippen LogP contribution is 2.38. The summed E-state index contributed by atoms with van der Waals surface area (Å²) in [7, 11) is 0. The van der Waals surface area contributed by atoms with Crippen LogP contribution in [0, 0.1) is 0 Å². The number of aromatic nitrogens is 3. The Hall–Kier alpha value is -7.10. The minimum atomic E-state index is -0.635. The van der Waals surface area contributed by atoms with Crippen LogP contribution >= 0.6 is 0 Å². The molecule has 53 heavy (non-hydrogen) atoms. The van der Waals surface area contributed by atoms with Crippen LogP contribution in [0.5, 0.6) is 0 Å². The second-order valence-corrected chi connectivity index (χ2v) is 12.7. The molecule has 248 valence electrons. The molecule has 0 fully saturated rings. The van der Waals surface area contributed by atoms with E-state index in [1.54, 1.807) is 6.07 Å². The number of para-hydroxylation sites is 2. The molecule has 0 amide bonds. The first-order chi connectivity index (χ1) is 30.0. The van der Waals surface area contributed by atoms with Crippen LogP contribution in [-0.4, -0.2) is 14.5 Å². The van der Waals surface area contributed by atoms with Gasteiger partial charge in [-0.15, -0.1) is 0 Å². The van der Waals surface area contributed by atoms with Gasteiger partial charge in [0.25, 0.3) is 0 Å². The number of fused-ring (bicyclic) bond motifs is 4. The Kier molecular flexibility index (Phi) is 5.52. The molecular weight excluding hydrogens is 643 g/mol. The summed E-state index contributed by atoms with van der Waals surface area (Å²) in [6.45, 7) is 0. The Balaban J connectivity index is 1.12. The molecule has 0 spiro atoms. The van der Waals surface area contributed by atoms with E-state index in [9.17, 15) is 2.74 Å². The van der Waals surface area contributed by atoms with Gasteiger partial charge in [-0.3, -0.25) is 0 Å². The van der Waals surface area contributed by atoms with Crippen LogP contribution in [0.3, 0.4) is 0 Å². The zero-order valence-corrected chi connectivity index (χ0v) is 28.2. The van der Waals surface area contributed by atoms with Gasteiger partial charge in [-0.2, -0.15) is 0 Å². The van der Waals surface area contributed by atoms with E-state index in [4.69, 9.17) is 19.6 Å². The Morgan fingerprint density at radius 2 is 0.906 bits per heavy atom. The van der Waals surface area contributed by atoms with Gasteiger partial charge in [0.2, 0.25) is 0 Å². The zero-order chi connectivity index (χ0) is 43.0. The van der Waals surface area contributed by atoms with Crippen molar-refractivity contribution >= 4 is 32.6 Å². The van der Waals surface area contributed by atoms with E-state index >= 15 is 0 Å². The van der Waals surface area contributed by atoms with Gasteiger partial charge in [-0.05, 0) is 63.4 Å². The highest BCUT2D eigenvalue weighted by atomic mass is 15.0. The van der Waals surface area contributed by atoms with E-state index in [1.165, 1.54) is 10.8 Å². The van der Waals surface area contributed by atoms with Crippen molar-refractivity contribution in [3.8, 4) is 61.8 Å². The van der Waals surface area contributed by atoms with E-state index < -0.39 is 59.9 Å². The van der Waals surface area contributed by atoms with Gasteiger partial charge in [0.15, 0.2) is 5.82 Å². The summed E-state index contributed by atoms with van der Waals surface area (Å²) in [6, 6.07) is 43.2. The molecule has 0 bridgehead atoms. The van der Waals surface area contributed by atoms with Crippen molar-refractivity contribution in [2.24, 2.45) is 0 Å². The summed E-state index contributed by atoms with van der Waals surface area (Å²) < 4.78 is 80.2. The third kappa shape index (κ3) is 5.47. The van der Waals surface area contributed by atoms with Gasteiger partial charge in [0, 0.05) is 33.2 Å². The first kappa shape index (κ1) is 22.7. The Morgan fingerprint density at radius 3 is 1.58 bits per heavy atom. The average Bonchev–Trinajstić information content (AvgIpc) is 3.65. The molecule has 8 aromatic carbocycles. The minimum absolute atomic E-state index is 0.110. The highest BCUT2D eigenvalue weighted by molar-refractivity contribution is 6.09. The summed E-state index contributed by atoms with van der Waals surface area (Å²) in [5.74, 6) is 0.304. The first-order valence-electron chi connectivity index (χ1n) is 21.8. The molecule has 0 aliphatic heterocycles. The van der Waals surface area contributed by atoms with Crippen LogP contribution in [0.1, 0.15) is 12.3 Å². The van der Waals surface area contributed by atoms with Crippen molar-refractivity contribution in [3.63, 3.8) is 0 Å². The van der Waals surface area contributed by atoms with E-state index in [0.29, 0.717) is 17.1 Å². The van der Waals surface area contributed by atoms with Gasteiger partial charge < -0.3 is 4.57 Å². The average molecular weight is 685 g/mol. The molecule has 0 aliphatic carbocycles. The Labute approximate surface area is 320 Å². The normalized spacial score (nSPS) is 13.8. The largest absolute Gasteiger partial charge is 0.309 e. The number of hydrogen-bond donors (Lipinski definition) is 0. The fourth-order valence-corrected chi connectivity index (χ4v) is 7.14. The smallest absolute Gasteiger partial charge is 0.160 e. The molecule has 0 aliphatic rings. The second kappa shape index (κ2) is 12.9. The van der Waals surface area contributed by atoms with Crippen LogP contribution in [0.4, 0.5) is 0 Å². The second-order valence-electron chi connectivity index (χ2n) is 12.7. The molecule has 0 radical (unpaired) electrons. The van der Waals surface area contributed by atoms with Crippen molar-refractivity contribution in [1.82, 2.24) is 14.5 Å². The minimum Gasteiger partial charge on any atom is -0.309 e. The summed E-state index contributed by atoms with van der Waals surface area (Å²) in [6.07, 6.45) is 0. The van der Waals surface area contributed by atoms with Crippen molar-refractivity contribution in [3.05, 3.63) is 200 Å². The Bertz CT molecular complexity index is 3350. The van der Waals surface area contributed by atoms with Crippen LogP contribution in [0.15, 0.2) is 200 Å². The molecule has 0 N–H and O–H groups in total. The predicted molar refractivity (Wildman–Crippen MR) is 221 cm³/mol. The topological polar surface area (TPSA) is 30.7 Å². The van der Waals surface area contributed by atoms with E-state index in [2.05, 4.69) is 89.5 Å². The highest BCUT2D eigenvalue weighted by Gasteiger charge is 2.16. The molecule has 3 nitrogen and oxygen atoms in total. The third-order valence-electron chi connectivity index (χ3n) is 9.61. The van der Waals surface area contributed by atoms with Gasteiger partial charge >= 0.3 is 0 Å². The Morgan fingerprint density at radius 1 is 0.377 bits per heavy atom. The number of nitrogens with zero attached hydrogens (tertiary/aromatic N) is 3.